The molecule has 1 N–H and O–H groups in total. The molecule has 0 aliphatic rings. The van der Waals surface area contributed by atoms with Crippen molar-refractivity contribution in [2.24, 2.45) is 0 Å². The first kappa shape index (κ1) is 15.2. The lowest BCUT2D eigenvalue weighted by Gasteiger charge is -2.23. The molecule has 2 aromatic heterocycles. The lowest BCUT2D eigenvalue weighted by molar-refractivity contribution is 0.219. The molecule has 0 amide bonds. The first-order valence-corrected chi connectivity index (χ1v) is 8.25. The molecule has 0 saturated carbocycles. The maximum absolute atomic E-state index is 4.72. The van der Waals surface area contributed by atoms with Crippen LogP contribution in [0.1, 0.15) is 39.9 Å². The van der Waals surface area contributed by atoms with E-state index in [1.165, 1.54) is 0 Å². The Morgan fingerprint density at radius 1 is 1.30 bits per heavy atom. The van der Waals surface area contributed by atoms with Crippen LogP contribution in [0.3, 0.4) is 0 Å². The van der Waals surface area contributed by atoms with E-state index in [-0.39, 0.29) is 0 Å². The van der Waals surface area contributed by atoms with Gasteiger partial charge in [-0.15, -0.1) is 11.3 Å². The van der Waals surface area contributed by atoms with Crippen molar-refractivity contribution in [3.05, 3.63) is 17.3 Å². The summed E-state index contributed by atoms with van der Waals surface area (Å²) in [5.74, 6) is 1.89. The molecule has 4 nitrogen and oxygen atoms in total. The first-order valence-electron chi connectivity index (χ1n) is 7.37. The minimum absolute atomic E-state index is 0.509. The van der Waals surface area contributed by atoms with Crippen molar-refractivity contribution in [2.45, 2.75) is 46.7 Å². The number of thiophene rings is 1. The number of rotatable bonds is 7. The summed E-state index contributed by atoms with van der Waals surface area (Å²) in [5, 5.41) is 6.64. The lowest BCUT2D eigenvalue weighted by Crippen LogP contribution is -2.30. The molecule has 2 heterocycles. The number of hydrogen-bond donors (Lipinski definition) is 1. The van der Waals surface area contributed by atoms with Crippen molar-refractivity contribution in [1.82, 2.24) is 14.9 Å². The predicted octanol–water partition coefficient (Wildman–Crippen LogP) is 3.74. The predicted molar refractivity (Wildman–Crippen MR) is 87.4 cm³/mol. The van der Waals surface area contributed by atoms with E-state index >= 15 is 0 Å². The molecule has 0 unspecified atom stereocenters. The number of anilines is 1. The Balaban J connectivity index is 2.29. The molecule has 0 aliphatic carbocycles. The molecule has 0 aromatic carbocycles. The van der Waals surface area contributed by atoms with Crippen LogP contribution in [0.5, 0.6) is 0 Å². The second-order valence-corrected chi connectivity index (χ2v) is 6.11. The maximum atomic E-state index is 4.72. The van der Waals surface area contributed by atoms with Gasteiger partial charge in [-0.3, -0.25) is 4.90 Å². The van der Waals surface area contributed by atoms with E-state index < -0.39 is 0 Å². The Labute approximate surface area is 125 Å². The monoisotopic (exact) mass is 292 g/mol. The quantitative estimate of drug-likeness (QED) is 0.844. The van der Waals surface area contributed by atoms with Gasteiger partial charge in [0.15, 0.2) is 0 Å². The third-order valence-corrected chi connectivity index (χ3v) is 4.20. The maximum Gasteiger partial charge on any atom is 0.146 e. The number of nitrogens with one attached hydrogen (secondary N) is 1. The van der Waals surface area contributed by atoms with Gasteiger partial charge >= 0.3 is 0 Å². The molecule has 5 heteroatoms. The van der Waals surface area contributed by atoms with Crippen LogP contribution >= 0.6 is 11.3 Å². The number of hydrogen-bond acceptors (Lipinski definition) is 5. The number of fused-ring (bicyclic) bond motifs is 1. The standard InChI is InChI=1S/C15H24N4S/c1-5-8-16-14-12-7-9-20-15(12)18-13(17-14)10-19(6-2)11(3)4/h7,9,11H,5-6,8,10H2,1-4H3,(H,16,17,18). The zero-order chi connectivity index (χ0) is 14.5. The van der Waals surface area contributed by atoms with Crippen molar-refractivity contribution >= 4 is 27.4 Å². The third kappa shape index (κ3) is 3.46. The fourth-order valence-electron chi connectivity index (χ4n) is 2.19. The Morgan fingerprint density at radius 3 is 2.75 bits per heavy atom. The molecule has 20 heavy (non-hydrogen) atoms. The van der Waals surface area contributed by atoms with Gasteiger partial charge in [-0.25, -0.2) is 9.97 Å². The summed E-state index contributed by atoms with van der Waals surface area (Å²) in [6.45, 7) is 11.5. The third-order valence-electron chi connectivity index (χ3n) is 3.39. The zero-order valence-corrected chi connectivity index (χ0v) is 13.6. The van der Waals surface area contributed by atoms with Crippen LogP contribution in [0.4, 0.5) is 5.82 Å². The van der Waals surface area contributed by atoms with Gasteiger partial charge in [-0.05, 0) is 38.3 Å². The molecule has 110 valence electrons. The fraction of sp³-hybridized carbons (Fsp3) is 0.600. The summed E-state index contributed by atoms with van der Waals surface area (Å²) < 4.78 is 0. The molecular weight excluding hydrogens is 268 g/mol. The van der Waals surface area contributed by atoms with Crippen LogP contribution in [0, 0.1) is 0 Å². The molecule has 2 aromatic rings. The van der Waals surface area contributed by atoms with Crippen molar-refractivity contribution in [3.63, 3.8) is 0 Å². The molecule has 0 radical (unpaired) electrons. The second kappa shape index (κ2) is 6.99. The Hall–Kier alpha value is -1.20. The van der Waals surface area contributed by atoms with Gasteiger partial charge in [-0.1, -0.05) is 13.8 Å². The Bertz CT molecular complexity index is 550. The fourth-order valence-corrected chi connectivity index (χ4v) is 2.97. The van der Waals surface area contributed by atoms with Crippen LogP contribution in [0.25, 0.3) is 10.2 Å². The van der Waals surface area contributed by atoms with Crippen molar-refractivity contribution < 1.29 is 0 Å². The van der Waals surface area contributed by atoms with E-state index in [0.717, 1.165) is 47.9 Å². The van der Waals surface area contributed by atoms with Crippen LogP contribution in [-0.4, -0.2) is 34.0 Å². The second-order valence-electron chi connectivity index (χ2n) is 5.21. The van der Waals surface area contributed by atoms with Gasteiger partial charge < -0.3 is 5.32 Å². The molecule has 0 fully saturated rings. The normalized spacial score (nSPS) is 11.7. The van der Waals surface area contributed by atoms with Gasteiger partial charge in [0.2, 0.25) is 0 Å². The van der Waals surface area contributed by atoms with E-state index in [2.05, 4.69) is 49.4 Å². The van der Waals surface area contributed by atoms with Gasteiger partial charge in [0.05, 0.1) is 11.9 Å². The Kier molecular flexibility index (Phi) is 5.31. The topological polar surface area (TPSA) is 41.1 Å². The summed E-state index contributed by atoms with van der Waals surface area (Å²) in [6.07, 6.45) is 1.10. The number of nitrogens with zero attached hydrogens (tertiary/aromatic N) is 3. The van der Waals surface area contributed by atoms with E-state index in [0.29, 0.717) is 6.04 Å². The molecular formula is C15H24N4S. The van der Waals surface area contributed by atoms with Gasteiger partial charge in [-0.2, -0.15) is 0 Å². The zero-order valence-electron chi connectivity index (χ0n) is 12.8. The minimum atomic E-state index is 0.509. The summed E-state index contributed by atoms with van der Waals surface area (Å²) in [5.41, 5.74) is 0. The minimum Gasteiger partial charge on any atom is -0.369 e. The summed E-state index contributed by atoms with van der Waals surface area (Å²) in [4.78, 5) is 12.9. The van der Waals surface area contributed by atoms with Crippen LogP contribution in [0.15, 0.2) is 11.4 Å². The lowest BCUT2D eigenvalue weighted by atomic mass is 10.3. The molecule has 0 atom stereocenters. The van der Waals surface area contributed by atoms with Gasteiger partial charge in [0, 0.05) is 12.6 Å². The van der Waals surface area contributed by atoms with Crippen LogP contribution in [-0.2, 0) is 6.54 Å². The SMILES string of the molecule is CCCNc1nc(CN(CC)C(C)C)nc2sccc12. The molecule has 0 aliphatic heterocycles. The highest BCUT2D eigenvalue weighted by Gasteiger charge is 2.13. The smallest absolute Gasteiger partial charge is 0.146 e. The van der Waals surface area contributed by atoms with Crippen molar-refractivity contribution in [2.75, 3.05) is 18.4 Å². The molecule has 2 rings (SSSR count). The molecule has 0 bridgehead atoms. The van der Waals surface area contributed by atoms with E-state index in [1.807, 2.05) is 0 Å². The Morgan fingerprint density at radius 2 is 2.10 bits per heavy atom. The summed E-state index contributed by atoms with van der Waals surface area (Å²) in [7, 11) is 0. The largest absolute Gasteiger partial charge is 0.369 e. The van der Waals surface area contributed by atoms with Crippen molar-refractivity contribution in [3.8, 4) is 0 Å². The highest BCUT2D eigenvalue weighted by molar-refractivity contribution is 7.16. The van der Waals surface area contributed by atoms with Gasteiger partial charge in [0.1, 0.15) is 16.5 Å². The van der Waals surface area contributed by atoms with E-state index in [4.69, 9.17) is 9.97 Å². The summed E-state index contributed by atoms with van der Waals surface area (Å²) >= 11 is 1.68. The molecule has 0 saturated heterocycles. The van der Waals surface area contributed by atoms with Crippen molar-refractivity contribution in [1.29, 1.82) is 0 Å². The molecule has 0 spiro atoms. The number of aromatic nitrogens is 2. The average molecular weight is 292 g/mol. The average Bonchev–Trinajstić information content (AvgIpc) is 2.90. The highest BCUT2D eigenvalue weighted by atomic mass is 32.1. The van der Waals surface area contributed by atoms with Gasteiger partial charge in [0.25, 0.3) is 0 Å². The first-order chi connectivity index (χ1) is 9.65. The van der Waals surface area contributed by atoms with E-state index in [9.17, 15) is 0 Å². The van der Waals surface area contributed by atoms with Crippen LogP contribution in [0.2, 0.25) is 0 Å². The highest BCUT2D eigenvalue weighted by Crippen LogP contribution is 2.25. The van der Waals surface area contributed by atoms with Crippen LogP contribution < -0.4 is 5.32 Å². The van der Waals surface area contributed by atoms with E-state index in [1.54, 1.807) is 11.3 Å². The summed E-state index contributed by atoms with van der Waals surface area (Å²) in [6, 6.07) is 2.61.